The van der Waals surface area contributed by atoms with Crippen LogP contribution in [0.4, 0.5) is 0 Å². The highest BCUT2D eigenvalue weighted by Crippen LogP contribution is 2.27. The molecule has 1 aromatic heterocycles. The van der Waals surface area contributed by atoms with E-state index in [1.54, 1.807) is 0 Å². The Hall–Kier alpha value is -2.88. The highest BCUT2D eigenvalue weighted by molar-refractivity contribution is 6.11. The van der Waals surface area contributed by atoms with Gasteiger partial charge in [0, 0.05) is 29.8 Å². The van der Waals surface area contributed by atoms with Gasteiger partial charge in [-0.3, -0.25) is 0 Å². The number of rotatable bonds is 8. The van der Waals surface area contributed by atoms with Gasteiger partial charge in [0.05, 0.1) is 11.2 Å². The highest BCUT2D eigenvalue weighted by atomic mass is 16.7. The number of unbranched alkanes of at least 4 members (excludes halogenated alkanes) is 3. The molecule has 0 aliphatic carbocycles. The van der Waals surface area contributed by atoms with Crippen LogP contribution in [-0.4, -0.2) is 16.2 Å². The molecule has 140 valence electrons. The van der Waals surface area contributed by atoms with Gasteiger partial charge in [-0.1, -0.05) is 67.7 Å². The molecule has 27 heavy (non-hydrogen) atoms. The van der Waals surface area contributed by atoms with Crippen LogP contribution < -0.4 is 0 Å². The van der Waals surface area contributed by atoms with E-state index >= 15 is 0 Å². The normalized spacial score (nSPS) is 11.7. The Morgan fingerprint density at radius 2 is 1.74 bits per heavy atom. The molecule has 4 heteroatoms. The average Bonchev–Trinajstić information content (AvgIpc) is 3.08. The summed E-state index contributed by atoms with van der Waals surface area (Å²) >= 11 is 0. The molecule has 2 aromatic carbocycles. The maximum Gasteiger partial charge on any atom is 0.331 e. The van der Waals surface area contributed by atoms with E-state index in [0.29, 0.717) is 0 Å². The van der Waals surface area contributed by atoms with Crippen molar-refractivity contribution in [2.45, 2.75) is 46.0 Å². The molecular formula is C23H26N2O2. The Bertz CT molecular complexity index is 926. The first-order chi connectivity index (χ1) is 13.2. The zero-order valence-electron chi connectivity index (χ0n) is 16.0. The van der Waals surface area contributed by atoms with Crippen molar-refractivity contribution in [2.75, 3.05) is 0 Å². The van der Waals surface area contributed by atoms with Crippen LogP contribution in [0, 0.1) is 0 Å². The minimum absolute atomic E-state index is 0.396. The Balaban J connectivity index is 2.03. The number of para-hydroxylation sites is 2. The fourth-order valence-electron chi connectivity index (χ4n) is 3.28. The monoisotopic (exact) mass is 362 g/mol. The van der Waals surface area contributed by atoms with Crippen molar-refractivity contribution < 1.29 is 9.63 Å². The van der Waals surface area contributed by atoms with E-state index in [1.165, 1.54) is 19.8 Å². The molecule has 0 saturated heterocycles. The van der Waals surface area contributed by atoms with E-state index < -0.39 is 5.97 Å². The topological polar surface area (TPSA) is 43.6 Å². The fourth-order valence-corrected chi connectivity index (χ4v) is 3.28. The van der Waals surface area contributed by atoms with Crippen molar-refractivity contribution in [1.29, 1.82) is 0 Å². The Kier molecular flexibility index (Phi) is 6.42. The van der Waals surface area contributed by atoms with Gasteiger partial charge in [-0.15, -0.1) is 0 Å². The number of carbonyl (C=O) groups excluding carboxylic acids is 1. The van der Waals surface area contributed by atoms with Crippen molar-refractivity contribution in [2.24, 2.45) is 5.16 Å². The second kappa shape index (κ2) is 9.17. The van der Waals surface area contributed by atoms with Gasteiger partial charge in [0.2, 0.25) is 0 Å². The van der Waals surface area contributed by atoms with Crippen LogP contribution in [0.5, 0.6) is 0 Å². The second-order valence-electron chi connectivity index (χ2n) is 6.70. The molecule has 1 heterocycles. The molecule has 0 N–H and O–H groups in total. The van der Waals surface area contributed by atoms with Gasteiger partial charge >= 0.3 is 5.97 Å². The van der Waals surface area contributed by atoms with Crippen molar-refractivity contribution in [3.63, 3.8) is 0 Å². The number of hydrogen-bond donors (Lipinski definition) is 0. The summed E-state index contributed by atoms with van der Waals surface area (Å²) in [5, 5.41) is 5.32. The molecule has 0 atom stereocenters. The molecule has 4 nitrogen and oxygen atoms in total. The second-order valence-corrected chi connectivity index (χ2v) is 6.70. The van der Waals surface area contributed by atoms with Gasteiger partial charge in [0.1, 0.15) is 0 Å². The third-order valence-corrected chi connectivity index (χ3v) is 4.61. The quantitative estimate of drug-likeness (QED) is 0.218. The van der Waals surface area contributed by atoms with Crippen LogP contribution in [0.15, 0.2) is 65.9 Å². The number of aromatic nitrogens is 1. The smallest absolute Gasteiger partial charge is 0.318 e. The lowest BCUT2D eigenvalue weighted by Gasteiger charge is -2.05. The average molecular weight is 362 g/mol. The van der Waals surface area contributed by atoms with Gasteiger partial charge in [-0.25, -0.2) is 4.79 Å². The zero-order valence-corrected chi connectivity index (χ0v) is 16.0. The molecule has 0 saturated carbocycles. The predicted molar refractivity (Wildman–Crippen MR) is 110 cm³/mol. The molecule has 3 rings (SSSR count). The first-order valence-electron chi connectivity index (χ1n) is 9.61. The molecule has 0 aliphatic rings. The predicted octanol–water partition coefficient (Wildman–Crippen LogP) is 5.87. The van der Waals surface area contributed by atoms with Gasteiger partial charge in [0.25, 0.3) is 0 Å². The SMILES string of the molecule is CCCCCC/C(=N\OC(C)=O)c1cn(-c2ccccc2)c2ccccc12. The first-order valence-corrected chi connectivity index (χ1v) is 9.61. The molecule has 0 spiro atoms. The van der Waals surface area contributed by atoms with Crippen LogP contribution in [0.1, 0.15) is 51.5 Å². The summed E-state index contributed by atoms with van der Waals surface area (Å²) in [7, 11) is 0. The summed E-state index contributed by atoms with van der Waals surface area (Å²) < 4.78 is 2.17. The Morgan fingerprint density at radius 3 is 2.48 bits per heavy atom. The van der Waals surface area contributed by atoms with Crippen molar-refractivity contribution in [3.8, 4) is 5.69 Å². The lowest BCUT2D eigenvalue weighted by atomic mass is 10.0. The van der Waals surface area contributed by atoms with E-state index in [-0.39, 0.29) is 0 Å². The Labute approximate surface area is 160 Å². The third-order valence-electron chi connectivity index (χ3n) is 4.61. The summed E-state index contributed by atoms with van der Waals surface area (Å²) in [4.78, 5) is 16.3. The number of oxime groups is 1. The van der Waals surface area contributed by atoms with Gasteiger partial charge in [-0.2, -0.15) is 0 Å². The number of fused-ring (bicyclic) bond motifs is 1. The molecule has 0 fully saturated rings. The maximum atomic E-state index is 11.3. The number of hydrogen-bond acceptors (Lipinski definition) is 3. The molecule has 3 aromatic rings. The summed E-state index contributed by atoms with van der Waals surface area (Å²) in [6.45, 7) is 3.58. The molecule has 0 radical (unpaired) electrons. The fraction of sp³-hybridized carbons (Fsp3) is 0.304. The summed E-state index contributed by atoms with van der Waals surface area (Å²) in [5.74, 6) is -0.396. The number of carbonyl (C=O) groups is 1. The van der Waals surface area contributed by atoms with Gasteiger partial charge in [0.15, 0.2) is 0 Å². The molecule has 0 aliphatic heterocycles. The van der Waals surface area contributed by atoms with E-state index in [2.05, 4.69) is 47.1 Å². The third kappa shape index (κ3) is 4.64. The molecular weight excluding hydrogens is 336 g/mol. The van der Waals surface area contributed by atoms with Crippen LogP contribution in [0.2, 0.25) is 0 Å². The van der Waals surface area contributed by atoms with Crippen molar-refractivity contribution in [3.05, 3.63) is 66.4 Å². The standard InChI is InChI=1S/C23H26N2O2/c1-3-4-5-9-15-22(24-27-18(2)26)21-17-25(19-12-7-6-8-13-19)23-16-11-10-14-20(21)23/h6-8,10-14,16-17H,3-5,9,15H2,1-2H3/b24-22+. The van der Waals surface area contributed by atoms with Gasteiger partial charge < -0.3 is 9.40 Å². The van der Waals surface area contributed by atoms with Crippen LogP contribution in [0.25, 0.3) is 16.6 Å². The summed E-state index contributed by atoms with van der Waals surface area (Å²) in [6.07, 6.45) is 7.44. The highest BCUT2D eigenvalue weighted by Gasteiger charge is 2.15. The molecule has 0 unspecified atom stereocenters. The number of benzene rings is 2. The van der Waals surface area contributed by atoms with Crippen LogP contribution >= 0.6 is 0 Å². The molecule has 0 bridgehead atoms. The minimum Gasteiger partial charge on any atom is -0.318 e. The van der Waals surface area contributed by atoms with Gasteiger partial charge in [-0.05, 0) is 31.0 Å². The van der Waals surface area contributed by atoms with Crippen molar-refractivity contribution >= 4 is 22.6 Å². The minimum atomic E-state index is -0.396. The lowest BCUT2D eigenvalue weighted by molar-refractivity contribution is -0.140. The molecule has 0 amide bonds. The largest absolute Gasteiger partial charge is 0.331 e. The number of nitrogens with zero attached hydrogens (tertiary/aromatic N) is 2. The zero-order chi connectivity index (χ0) is 19.1. The summed E-state index contributed by atoms with van der Waals surface area (Å²) in [6, 6.07) is 18.5. The van der Waals surface area contributed by atoms with E-state index in [0.717, 1.165) is 47.1 Å². The van der Waals surface area contributed by atoms with Crippen molar-refractivity contribution in [1.82, 2.24) is 4.57 Å². The van der Waals surface area contributed by atoms with E-state index in [9.17, 15) is 4.79 Å². The van der Waals surface area contributed by atoms with Crippen LogP contribution in [0.3, 0.4) is 0 Å². The summed E-state index contributed by atoms with van der Waals surface area (Å²) in [5.41, 5.74) is 4.06. The maximum absolute atomic E-state index is 11.3. The van der Waals surface area contributed by atoms with E-state index in [4.69, 9.17) is 4.84 Å². The first kappa shape index (κ1) is 18.9. The van der Waals surface area contributed by atoms with E-state index in [1.807, 2.05) is 30.3 Å². The lowest BCUT2D eigenvalue weighted by Crippen LogP contribution is -2.04. The van der Waals surface area contributed by atoms with Crippen LogP contribution in [-0.2, 0) is 9.63 Å². The Morgan fingerprint density at radius 1 is 1.00 bits per heavy atom.